The number of hydrogen-bond acceptors (Lipinski definition) is 5. The Balaban J connectivity index is 4.41. The lowest BCUT2D eigenvalue weighted by Gasteiger charge is -2.30. The molecule has 0 aromatic carbocycles. The topological polar surface area (TPSA) is 96.5 Å². The molecule has 0 amide bonds. The van der Waals surface area contributed by atoms with Gasteiger partial charge in [-0.2, -0.15) is 0 Å². The van der Waals surface area contributed by atoms with E-state index in [2.05, 4.69) is 13.2 Å². The molecule has 0 aromatic rings. The summed E-state index contributed by atoms with van der Waals surface area (Å²) >= 11 is 0. The van der Waals surface area contributed by atoms with Crippen LogP contribution in [0.15, 0.2) is 25.3 Å². The van der Waals surface area contributed by atoms with E-state index in [-0.39, 0.29) is 6.10 Å². The quantitative estimate of drug-likeness (QED) is 0.326. The summed E-state index contributed by atoms with van der Waals surface area (Å²) in [5.74, 6) is -1.19. The second-order valence-electron chi connectivity index (χ2n) is 4.00. The highest BCUT2D eigenvalue weighted by molar-refractivity contribution is 6.66. The molecule has 6 N–H and O–H groups in total. The molecule has 0 saturated heterocycles. The Labute approximate surface area is 98.5 Å². The largest absolute Gasteiger partial charge is 0.398 e. The Morgan fingerprint density at radius 2 is 1.81 bits per heavy atom. The summed E-state index contributed by atoms with van der Waals surface area (Å²) in [5.41, 5.74) is 16.6. The zero-order chi connectivity index (χ0) is 12.8. The van der Waals surface area contributed by atoms with Crippen LogP contribution in [0.4, 0.5) is 0 Å². The molecular formula is C10H23N3O2Si. The Morgan fingerprint density at radius 1 is 1.31 bits per heavy atom. The predicted molar refractivity (Wildman–Crippen MR) is 68.6 cm³/mol. The third-order valence-corrected chi connectivity index (χ3v) is 5.09. The van der Waals surface area contributed by atoms with Crippen LogP contribution in [0.5, 0.6) is 0 Å². The molecule has 0 heterocycles. The van der Waals surface area contributed by atoms with Crippen LogP contribution in [0.3, 0.4) is 0 Å². The minimum atomic E-state index is -2.32. The molecule has 0 bridgehead atoms. The highest BCUT2D eigenvalue weighted by Gasteiger charge is 2.33. The van der Waals surface area contributed by atoms with Crippen molar-refractivity contribution in [1.82, 2.24) is 0 Å². The van der Waals surface area contributed by atoms with Crippen molar-refractivity contribution >= 4 is 8.56 Å². The zero-order valence-electron chi connectivity index (χ0n) is 10.1. The van der Waals surface area contributed by atoms with E-state index < -0.39 is 14.3 Å². The molecule has 1 unspecified atom stereocenters. The molecule has 0 aliphatic heterocycles. The number of hydrogen-bond donors (Lipinski definition) is 3. The first-order valence-electron chi connectivity index (χ1n) is 5.11. The maximum atomic E-state index is 5.79. The molecule has 0 fully saturated rings. The van der Waals surface area contributed by atoms with E-state index in [4.69, 9.17) is 26.1 Å². The summed E-state index contributed by atoms with van der Waals surface area (Å²) in [6.07, 6.45) is 3.54. The van der Waals surface area contributed by atoms with Crippen LogP contribution in [0, 0.1) is 0 Å². The molecule has 5 nitrogen and oxygen atoms in total. The van der Waals surface area contributed by atoms with Crippen LogP contribution in [0.25, 0.3) is 0 Å². The summed E-state index contributed by atoms with van der Waals surface area (Å²) in [5, 5.41) is 0. The Kier molecular flexibility index (Phi) is 6.09. The van der Waals surface area contributed by atoms with E-state index in [1.54, 1.807) is 19.3 Å². The molecule has 94 valence electrons. The van der Waals surface area contributed by atoms with Crippen LogP contribution >= 0.6 is 0 Å². The molecule has 0 rings (SSSR count). The third kappa shape index (κ3) is 6.16. The number of nitrogens with two attached hydrogens (primary N) is 3. The monoisotopic (exact) mass is 245 g/mol. The van der Waals surface area contributed by atoms with Gasteiger partial charge in [0.25, 0.3) is 0 Å². The van der Waals surface area contributed by atoms with Crippen LogP contribution in [-0.4, -0.2) is 27.6 Å². The van der Waals surface area contributed by atoms with Gasteiger partial charge in [-0.05, 0) is 19.0 Å². The molecule has 0 aliphatic rings. The van der Waals surface area contributed by atoms with Crippen molar-refractivity contribution in [3.05, 3.63) is 25.3 Å². The molecule has 0 aromatic heterocycles. The normalized spacial score (nSPS) is 15.9. The fourth-order valence-corrected chi connectivity index (χ4v) is 3.21. The highest BCUT2D eigenvalue weighted by Crippen LogP contribution is 2.19. The lowest BCUT2D eigenvalue weighted by molar-refractivity contribution is 0.187. The van der Waals surface area contributed by atoms with Crippen molar-refractivity contribution in [2.24, 2.45) is 17.2 Å². The minimum absolute atomic E-state index is 0.223. The molecule has 1 atom stereocenters. The van der Waals surface area contributed by atoms with Gasteiger partial charge in [0.2, 0.25) is 0 Å². The second kappa shape index (κ2) is 6.29. The van der Waals surface area contributed by atoms with Crippen molar-refractivity contribution < 1.29 is 8.85 Å². The van der Waals surface area contributed by atoms with Crippen molar-refractivity contribution in [3.8, 4) is 0 Å². The van der Waals surface area contributed by atoms with Gasteiger partial charge in [0, 0.05) is 7.11 Å². The van der Waals surface area contributed by atoms with Gasteiger partial charge >= 0.3 is 8.56 Å². The Hall–Kier alpha value is -0.503. The number of rotatable bonds is 8. The smallest absolute Gasteiger partial charge is 0.335 e. The average Bonchev–Trinajstić information content (AvgIpc) is 2.22. The molecular weight excluding hydrogens is 222 g/mol. The standard InChI is InChI=1S/C10H23N3O2Si/c1-5-9(6-2)15-16(4,14-3)8-7-10(11,12)13/h5-6,9H,1-2,7-8,11-13H2,3-4H3. The van der Waals surface area contributed by atoms with Crippen molar-refractivity contribution in [1.29, 1.82) is 0 Å². The third-order valence-electron chi connectivity index (χ3n) is 2.29. The summed E-state index contributed by atoms with van der Waals surface area (Å²) in [6, 6.07) is 0.616. The average molecular weight is 245 g/mol. The van der Waals surface area contributed by atoms with Crippen molar-refractivity contribution in [2.75, 3.05) is 7.11 Å². The summed E-state index contributed by atoms with van der Waals surface area (Å²) in [6.45, 7) is 9.24. The van der Waals surface area contributed by atoms with Gasteiger partial charge in [-0.25, -0.2) is 0 Å². The first-order chi connectivity index (χ1) is 7.26. The van der Waals surface area contributed by atoms with Crippen molar-refractivity contribution in [2.45, 2.75) is 30.9 Å². The predicted octanol–water partition coefficient (Wildman–Crippen LogP) is 0.382. The summed E-state index contributed by atoms with van der Waals surface area (Å²) < 4.78 is 11.2. The van der Waals surface area contributed by atoms with Gasteiger partial charge in [0.1, 0.15) is 5.79 Å². The fraction of sp³-hybridized carbons (Fsp3) is 0.600. The first-order valence-corrected chi connectivity index (χ1v) is 7.63. The van der Waals surface area contributed by atoms with Gasteiger partial charge < -0.3 is 26.1 Å². The molecule has 6 heteroatoms. The van der Waals surface area contributed by atoms with Gasteiger partial charge in [-0.15, -0.1) is 13.2 Å². The molecule has 0 aliphatic carbocycles. The molecule has 0 radical (unpaired) electrons. The van der Waals surface area contributed by atoms with Gasteiger partial charge in [0.15, 0.2) is 0 Å². The van der Waals surface area contributed by atoms with E-state index in [0.29, 0.717) is 12.5 Å². The lowest BCUT2D eigenvalue weighted by Crippen LogP contribution is -2.59. The maximum absolute atomic E-state index is 5.79. The van der Waals surface area contributed by atoms with Gasteiger partial charge in [-0.1, -0.05) is 12.2 Å². The Bertz CT molecular complexity index is 235. The molecule has 0 saturated carbocycles. The van der Waals surface area contributed by atoms with E-state index in [0.717, 1.165) is 0 Å². The molecule has 16 heavy (non-hydrogen) atoms. The lowest BCUT2D eigenvalue weighted by atomic mass is 10.3. The summed E-state index contributed by atoms with van der Waals surface area (Å²) in [7, 11) is -0.709. The second-order valence-corrected chi connectivity index (χ2v) is 7.42. The van der Waals surface area contributed by atoms with Crippen LogP contribution in [-0.2, 0) is 8.85 Å². The van der Waals surface area contributed by atoms with E-state index in [9.17, 15) is 0 Å². The van der Waals surface area contributed by atoms with Crippen LogP contribution in [0.1, 0.15) is 6.42 Å². The van der Waals surface area contributed by atoms with Crippen LogP contribution in [0.2, 0.25) is 12.6 Å². The van der Waals surface area contributed by atoms with Crippen LogP contribution < -0.4 is 17.2 Å². The first kappa shape index (κ1) is 15.5. The van der Waals surface area contributed by atoms with E-state index in [1.807, 2.05) is 6.55 Å². The van der Waals surface area contributed by atoms with E-state index >= 15 is 0 Å². The maximum Gasteiger partial charge on any atom is 0.335 e. The Morgan fingerprint density at radius 3 is 2.12 bits per heavy atom. The SMILES string of the molecule is C=CC(C=C)O[Si](C)(CCC(N)(N)N)OC. The minimum Gasteiger partial charge on any atom is -0.398 e. The van der Waals surface area contributed by atoms with Gasteiger partial charge in [0.05, 0.1) is 6.10 Å². The van der Waals surface area contributed by atoms with E-state index in [1.165, 1.54) is 0 Å². The fourth-order valence-electron chi connectivity index (χ4n) is 1.13. The van der Waals surface area contributed by atoms with Gasteiger partial charge in [-0.3, -0.25) is 0 Å². The summed E-state index contributed by atoms with van der Waals surface area (Å²) in [4.78, 5) is 0. The molecule has 0 spiro atoms. The zero-order valence-corrected chi connectivity index (χ0v) is 11.1. The van der Waals surface area contributed by atoms with Crippen molar-refractivity contribution in [3.63, 3.8) is 0 Å². The highest BCUT2D eigenvalue weighted by atomic mass is 28.4.